The number of methoxy groups -OCH3 is 1. The van der Waals surface area contributed by atoms with Gasteiger partial charge < -0.3 is 20.7 Å². The quantitative estimate of drug-likeness (QED) is 0.811. The van der Waals surface area contributed by atoms with Crippen molar-refractivity contribution in [3.8, 4) is 5.75 Å². The summed E-state index contributed by atoms with van der Waals surface area (Å²) in [5.41, 5.74) is 7.64. The third-order valence-electron chi connectivity index (χ3n) is 4.91. The number of piperazine rings is 1. The molecule has 0 aromatic heterocycles. The lowest BCUT2D eigenvalue weighted by atomic mass is 9.77. The number of hydrogen-bond acceptors (Lipinski definition) is 4. The molecule has 1 aliphatic rings. The lowest BCUT2D eigenvalue weighted by Crippen LogP contribution is -2.45. The summed E-state index contributed by atoms with van der Waals surface area (Å²) in [6.45, 7) is 10.0. The van der Waals surface area contributed by atoms with Crippen LogP contribution in [0.25, 0.3) is 0 Å². The molecular formula is C18H31N3O. The average molecular weight is 305 g/mol. The zero-order chi connectivity index (χ0) is 16.0. The van der Waals surface area contributed by atoms with E-state index in [0.29, 0.717) is 5.92 Å². The summed E-state index contributed by atoms with van der Waals surface area (Å²) in [7, 11) is 1.72. The molecule has 1 unspecified atom stereocenters. The molecule has 0 spiro atoms. The van der Waals surface area contributed by atoms with Crippen molar-refractivity contribution in [1.29, 1.82) is 0 Å². The van der Waals surface area contributed by atoms with Crippen LogP contribution in [-0.2, 0) is 5.54 Å². The van der Waals surface area contributed by atoms with Crippen molar-refractivity contribution in [2.75, 3.05) is 39.8 Å². The van der Waals surface area contributed by atoms with Gasteiger partial charge in [0.15, 0.2) is 0 Å². The number of rotatable bonds is 7. The van der Waals surface area contributed by atoms with E-state index in [0.717, 1.165) is 56.9 Å². The molecule has 0 saturated carbocycles. The molecule has 22 heavy (non-hydrogen) atoms. The Morgan fingerprint density at radius 3 is 2.59 bits per heavy atom. The van der Waals surface area contributed by atoms with Crippen LogP contribution in [0.15, 0.2) is 24.3 Å². The highest BCUT2D eigenvalue weighted by molar-refractivity contribution is 5.39. The summed E-state index contributed by atoms with van der Waals surface area (Å²) in [5.74, 6) is 1.27. The van der Waals surface area contributed by atoms with Crippen LogP contribution >= 0.6 is 0 Å². The monoisotopic (exact) mass is 305 g/mol. The minimum absolute atomic E-state index is 0.333. The van der Waals surface area contributed by atoms with E-state index in [1.54, 1.807) is 7.11 Å². The maximum absolute atomic E-state index is 6.84. The Bertz CT molecular complexity index is 457. The molecule has 0 radical (unpaired) electrons. The van der Waals surface area contributed by atoms with Gasteiger partial charge >= 0.3 is 0 Å². The molecule has 0 aliphatic carbocycles. The van der Waals surface area contributed by atoms with E-state index in [2.05, 4.69) is 36.2 Å². The highest BCUT2D eigenvalue weighted by Gasteiger charge is 2.33. The van der Waals surface area contributed by atoms with Crippen LogP contribution in [0.1, 0.15) is 32.3 Å². The van der Waals surface area contributed by atoms with Crippen molar-refractivity contribution >= 4 is 0 Å². The first kappa shape index (κ1) is 17.3. The Hall–Kier alpha value is -1.10. The maximum Gasteiger partial charge on any atom is 0.123 e. The molecule has 124 valence electrons. The molecule has 2 rings (SSSR count). The van der Waals surface area contributed by atoms with Crippen LogP contribution in [0.2, 0.25) is 0 Å². The first-order valence-electron chi connectivity index (χ1n) is 8.43. The largest absolute Gasteiger partial charge is 0.496 e. The summed E-state index contributed by atoms with van der Waals surface area (Å²) < 4.78 is 5.54. The fourth-order valence-electron chi connectivity index (χ4n) is 3.29. The standard InChI is InChI=1S/C18H31N3O/c1-15(2)18(19,16-7-4-5-8-17(16)22-3)9-6-12-21-13-10-20-11-14-21/h4-5,7-8,15,20H,6,9-14,19H2,1-3H3. The number of para-hydroxylation sites is 1. The van der Waals surface area contributed by atoms with Gasteiger partial charge in [0.05, 0.1) is 7.11 Å². The van der Waals surface area contributed by atoms with E-state index in [4.69, 9.17) is 10.5 Å². The third-order valence-corrected chi connectivity index (χ3v) is 4.91. The molecular weight excluding hydrogens is 274 g/mol. The van der Waals surface area contributed by atoms with Crippen molar-refractivity contribution in [2.24, 2.45) is 11.7 Å². The number of hydrogen-bond donors (Lipinski definition) is 2. The fraction of sp³-hybridized carbons (Fsp3) is 0.667. The Morgan fingerprint density at radius 1 is 1.27 bits per heavy atom. The molecule has 1 aliphatic heterocycles. The van der Waals surface area contributed by atoms with Gasteiger partial charge in [0.2, 0.25) is 0 Å². The van der Waals surface area contributed by atoms with Gasteiger partial charge in [-0.1, -0.05) is 32.0 Å². The average Bonchev–Trinajstić information content (AvgIpc) is 2.55. The SMILES string of the molecule is COc1ccccc1C(N)(CCCN1CCNCC1)C(C)C. The van der Waals surface area contributed by atoms with Gasteiger partial charge in [0, 0.05) is 37.3 Å². The smallest absolute Gasteiger partial charge is 0.123 e. The molecule has 0 bridgehead atoms. The van der Waals surface area contributed by atoms with Crippen LogP contribution in [0, 0.1) is 5.92 Å². The summed E-state index contributed by atoms with van der Waals surface area (Å²) in [6.07, 6.45) is 2.10. The topological polar surface area (TPSA) is 50.5 Å². The number of nitrogens with one attached hydrogen (secondary N) is 1. The lowest BCUT2D eigenvalue weighted by Gasteiger charge is -2.36. The second kappa shape index (κ2) is 7.95. The molecule has 1 fully saturated rings. The predicted molar refractivity (Wildman–Crippen MR) is 92.2 cm³/mol. The number of nitrogens with two attached hydrogens (primary N) is 1. The summed E-state index contributed by atoms with van der Waals surface area (Å²) in [6, 6.07) is 8.18. The minimum Gasteiger partial charge on any atom is -0.496 e. The van der Waals surface area contributed by atoms with E-state index in [1.807, 2.05) is 12.1 Å². The van der Waals surface area contributed by atoms with Gasteiger partial charge in [-0.2, -0.15) is 0 Å². The second-order valence-corrected chi connectivity index (χ2v) is 6.59. The first-order chi connectivity index (χ1) is 10.6. The van der Waals surface area contributed by atoms with Crippen molar-refractivity contribution in [3.05, 3.63) is 29.8 Å². The Labute approximate surface area is 135 Å². The number of benzene rings is 1. The van der Waals surface area contributed by atoms with E-state index in [-0.39, 0.29) is 5.54 Å². The van der Waals surface area contributed by atoms with Crippen LogP contribution in [-0.4, -0.2) is 44.7 Å². The number of nitrogens with zero attached hydrogens (tertiary/aromatic N) is 1. The Morgan fingerprint density at radius 2 is 1.95 bits per heavy atom. The van der Waals surface area contributed by atoms with Crippen LogP contribution in [0.4, 0.5) is 0 Å². The molecule has 1 aromatic carbocycles. The molecule has 1 saturated heterocycles. The maximum atomic E-state index is 6.84. The number of ether oxygens (including phenoxy) is 1. The van der Waals surface area contributed by atoms with Gasteiger partial charge in [-0.3, -0.25) is 0 Å². The molecule has 3 N–H and O–H groups in total. The third kappa shape index (κ3) is 4.00. The summed E-state index contributed by atoms with van der Waals surface area (Å²) in [4.78, 5) is 2.53. The Kier molecular flexibility index (Phi) is 6.24. The predicted octanol–water partition coefficient (Wildman–Crippen LogP) is 2.19. The molecule has 1 heterocycles. The highest BCUT2D eigenvalue weighted by Crippen LogP contribution is 2.37. The second-order valence-electron chi connectivity index (χ2n) is 6.59. The summed E-state index contributed by atoms with van der Waals surface area (Å²) >= 11 is 0. The molecule has 0 amide bonds. The molecule has 1 atom stereocenters. The fourth-order valence-corrected chi connectivity index (χ4v) is 3.29. The first-order valence-corrected chi connectivity index (χ1v) is 8.43. The lowest BCUT2D eigenvalue weighted by molar-refractivity contribution is 0.211. The van der Waals surface area contributed by atoms with Crippen LogP contribution < -0.4 is 15.8 Å². The van der Waals surface area contributed by atoms with Crippen molar-refractivity contribution in [2.45, 2.75) is 32.2 Å². The zero-order valence-electron chi connectivity index (χ0n) is 14.3. The van der Waals surface area contributed by atoms with E-state index >= 15 is 0 Å². The molecule has 1 aromatic rings. The van der Waals surface area contributed by atoms with Crippen LogP contribution in [0.5, 0.6) is 5.75 Å². The van der Waals surface area contributed by atoms with E-state index in [1.165, 1.54) is 0 Å². The van der Waals surface area contributed by atoms with Gasteiger partial charge in [0.1, 0.15) is 5.75 Å². The Balaban J connectivity index is 2.04. The summed E-state index contributed by atoms with van der Waals surface area (Å²) in [5, 5.41) is 3.40. The van der Waals surface area contributed by atoms with Crippen molar-refractivity contribution in [3.63, 3.8) is 0 Å². The van der Waals surface area contributed by atoms with Gasteiger partial charge in [0.25, 0.3) is 0 Å². The zero-order valence-corrected chi connectivity index (χ0v) is 14.3. The molecule has 4 heteroatoms. The normalized spacial score (nSPS) is 19.1. The van der Waals surface area contributed by atoms with Gasteiger partial charge in [-0.15, -0.1) is 0 Å². The van der Waals surface area contributed by atoms with E-state index < -0.39 is 0 Å². The minimum atomic E-state index is -0.333. The van der Waals surface area contributed by atoms with Gasteiger partial charge in [-0.25, -0.2) is 0 Å². The van der Waals surface area contributed by atoms with Crippen LogP contribution in [0.3, 0.4) is 0 Å². The van der Waals surface area contributed by atoms with Gasteiger partial charge in [-0.05, 0) is 31.4 Å². The van der Waals surface area contributed by atoms with Crippen molar-refractivity contribution in [1.82, 2.24) is 10.2 Å². The van der Waals surface area contributed by atoms with Crippen molar-refractivity contribution < 1.29 is 4.74 Å². The highest BCUT2D eigenvalue weighted by atomic mass is 16.5. The van der Waals surface area contributed by atoms with E-state index in [9.17, 15) is 0 Å². The molecule has 4 nitrogen and oxygen atoms in total.